The molecule has 0 aliphatic carbocycles. The summed E-state index contributed by atoms with van der Waals surface area (Å²) in [6.45, 7) is 10.7. The van der Waals surface area contributed by atoms with Gasteiger partial charge in [0.05, 0.1) is 0 Å². The number of nitrogens with zero attached hydrogens (tertiary/aromatic N) is 1. The fourth-order valence-electron chi connectivity index (χ4n) is 2.75. The van der Waals surface area contributed by atoms with Gasteiger partial charge >= 0.3 is 0 Å². The molecule has 96 valence electrons. The summed E-state index contributed by atoms with van der Waals surface area (Å²) in [5.74, 6) is 0. The first-order valence-corrected chi connectivity index (χ1v) is 7.25. The van der Waals surface area contributed by atoms with E-state index in [2.05, 4.69) is 31.0 Å². The lowest BCUT2D eigenvalue weighted by atomic mass is 10.0. The Morgan fingerprint density at radius 1 is 1.25 bits per heavy atom. The lowest BCUT2D eigenvalue weighted by Crippen LogP contribution is -2.41. The Hall–Kier alpha value is -0.0800. The summed E-state index contributed by atoms with van der Waals surface area (Å²) in [5, 5.41) is 3.59. The first-order chi connectivity index (χ1) is 7.77. The summed E-state index contributed by atoms with van der Waals surface area (Å²) in [6.07, 6.45) is 8.15. The summed E-state index contributed by atoms with van der Waals surface area (Å²) in [5.41, 5.74) is 0. The van der Waals surface area contributed by atoms with Crippen LogP contribution < -0.4 is 5.32 Å². The van der Waals surface area contributed by atoms with Crippen LogP contribution in [0.2, 0.25) is 0 Å². The molecule has 16 heavy (non-hydrogen) atoms. The zero-order valence-electron chi connectivity index (χ0n) is 11.5. The summed E-state index contributed by atoms with van der Waals surface area (Å²) < 4.78 is 0. The second-order valence-electron chi connectivity index (χ2n) is 5.29. The topological polar surface area (TPSA) is 15.3 Å². The highest BCUT2D eigenvalue weighted by atomic mass is 15.2. The predicted octanol–water partition coefficient (Wildman–Crippen LogP) is 3.03. The van der Waals surface area contributed by atoms with Crippen LogP contribution in [0.1, 0.15) is 59.3 Å². The highest BCUT2D eigenvalue weighted by molar-refractivity contribution is 4.79. The van der Waals surface area contributed by atoms with Crippen LogP contribution in [-0.2, 0) is 0 Å². The molecule has 1 heterocycles. The quantitative estimate of drug-likeness (QED) is 0.749. The molecule has 1 N–H and O–H groups in total. The molecule has 0 radical (unpaired) electrons. The molecule has 0 bridgehead atoms. The van der Waals surface area contributed by atoms with E-state index in [0.717, 1.165) is 6.04 Å². The van der Waals surface area contributed by atoms with Crippen molar-refractivity contribution in [1.82, 2.24) is 10.2 Å². The van der Waals surface area contributed by atoms with Crippen LogP contribution in [0.25, 0.3) is 0 Å². The van der Waals surface area contributed by atoms with Crippen molar-refractivity contribution < 1.29 is 0 Å². The maximum atomic E-state index is 3.59. The lowest BCUT2D eigenvalue weighted by Gasteiger charge is -2.31. The zero-order valence-corrected chi connectivity index (χ0v) is 11.5. The van der Waals surface area contributed by atoms with E-state index in [-0.39, 0.29) is 0 Å². The van der Waals surface area contributed by atoms with E-state index in [1.165, 1.54) is 58.2 Å². The Labute approximate surface area is 102 Å². The van der Waals surface area contributed by atoms with E-state index < -0.39 is 0 Å². The van der Waals surface area contributed by atoms with Crippen molar-refractivity contribution in [1.29, 1.82) is 0 Å². The molecule has 0 aromatic heterocycles. The maximum absolute atomic E-state index is 3.59. The van der Waals surface area contributed by atoms with Crippen molar-refractivity contribution >= 4 is 0 Å². The van der Waals surface area contributed by atoms with E-state index in [1.807, 2.05) is 0 Å². The van der Waals surface area contributed by atoms with Crippen molar-refractivity contribution in [2.75, 3.05) is 19.6 Å². The Bertz CT molecular complexity index is 170. The number of unbranched alkanes of at least 4 members (excludes halogenated alkanes) is 1. The molecule has 1 rings (SSSR count). The summed E-state index contributed by atoms with van der Waals surface area (Å²) in [7, 11) is 0. The van der Waals surface area contributed by atoms with E-state index in [0.29, 0.717) is 6.04 Å². The molecule has 1 aliphatic rings. The van der Waals surface area contributed by atoms with Gasteiger partial charge in [0.15, 0.2) is 0 Å². The van der Waals surface area contributed by atoms with E-state index in [1.54, 1.807) is 0 Å². The Kier molecular flexibility index (Phi) is 7.06. The minimum atomic E-state index is 0.670. The van der Waals surface area contributed by atoms with Gasteiger partial charge in [-0.3, -0.25) is 4.90 Å². The van der Waals surface area contributed by atoms with Gasteiger partial charge in [-0.1, -0.05) is 33.1 Å². The van der Waals surface area contributed by atoms with Gasteiger partial charge in [-0.2, -0.15) is 0 Å². The largest absolute Gasteiger partial charge is 0.313 e. The van der Waals surface area contributed by atoms with Gasteiger partial charge in [-0.25, -0.2) is 0 Å². The minimum Gasteiger partial charge on any atom is -0.313 e. The summed E-state index contributed by atoms with van der Waals surface area (Å²) >= 11 is 0. The van der Waals surface area contributed by atoms with Crippen LogP contribution in [0.15, 0.2) is 0 Å². The third kappa shape index (κ3) is 4.84. The van der Waals surface area contributed by atoms with Crippen molar-refractivity contribution in [3.05, 3.63) is 0 Å². The molecule has 2 unspecified atom stereocenters. The number of hydrogen-bond donors (Lipinski definition) is 1. The van der Waals surface area contributed by atoms with Crippen LogP contribution in [0.5, 0.6) is 0 Å². The summed E-state index contributed by atoms with van der Waals surface area (Å²) in [6, 6.07) is 1.51. The first-order valence-electron chi connectivity index (χ1n) is 7.25. The minimum absolute atomic E-state index is 0.670. The average Bonchev–Trinajstić information content (AvgIpc) is 2.49. The maximum Gasteiger partial charge on any atom is 0.0166 e. The monoisotopic (exact) mass is 226 g/mol. The van der Waals surface area contributed by atoms with Gasteiger partial charge < -0.3 is 5.32 Å². The highest BCUT2D eigenvalue weighted by Crippen LogP contribution is 2.16. The smallest absolute Gasteiger partial charge is 0.0166 e. The third-order valence-electron chi connectivity index (χ3n) is 3.65. The Balaban J connectivity index is 2.45. The van der Waals surface area contributed by atoms with Crippen molar-refractivity contribution in [3.8, 4) is 0 Å². The van der Waals surface area contributed by atoms with E-state index >= 15 is 0 Å². The molecule has 0 spiro atoms. The molecule has 0 amide bonds. The Morgan fingerprint density at radius 2 is 2.06 bits per heavy atom. The normalized spacial score (nSPS) is 25.3. The van der Waals surface area contributed by atoms with Gasteiger partial charge in [0, 0.05) is 18.6 Å². The van der Waals surface area contributed by atoms with Crippen molar-refractivity contribution in [3.63, 3.8) is 0 Å². The molecule has 0 aromatic rings. The number of rotatable bonds is 6. The molecule has 0 aromatic carbocycles. The molecule has 1 saturated heterocycles. The van der Waals surface area contributed by atoms with Gasteiger partial charge in [0.2, 0.25) is 0 Å². The third-order valence-corrected chi connectivity index (χ3v) is 3.65. The highest BCUT2D eigenvalue weighted by Gasteiger charge is 2.21. The van der Waals surface area contributed by atoms with Crippen LogP contribution in [0.3, 0.4) is 0 Å². The fraction of sp³-hybridized carbons (Fsp3) is 1.00. The van der Waals surface area contributed by atoms with Crippen LogP contribution in [0, 0.1) is 0 Å². The number of hydrogen-bond acceptors (Lipinski definition) is 2. The van der Waals surface area contributed by atoms with E-state index in [4.69, 9.17) is 0 Å². The van der Waals surface area contributed by atoms with Gasteiger partial charge in [0.25, 0.3) is 0 Å². The SMILES string of the molecule is CCCCC(CCC)N1CCCNC(C)C1. The van der Waals surface area contributed by atoms with Crippen LogP contribution in [0.4, 0.5) is 0 Å². The second-order valence-corrected chi connectivity index (χ2v) is 5.29. The molecular formula is C14H30N2. The van der Waals surface area contributed by atoms with Crippen LogP contribution in [-0.4, -0.2) is 36.6 Å². The molecule has 2 nitrogen and oxygen atoms in total. The molecular weight excluding hydrogens is 196 g/mol. The molecule has 0 saturated carbocycles. The Morgan fingerprint density at radius 3 is 2.75 bits per heavy atom. The zero-order chi connectivity index (χ0) is 11.8. The van der Waals surface area contributed by atoms with Gasteiger partial charge in [-0.15, -0.1) is 0 Å². The van der Waals surface area contributed by atoms with Crippen molar-refractivity contribution in [2.45, 2.75) is 71.4 Å². The average molecular weight is 226 g/mol. The predicted molar refractivity (Wildman–Crippen MR) is 71.9 cm³/mol. The van der Waals surface area contributed by atoms with Gasteiger partial charge in [0.1, 0.15) is 0 Å². The second kappa shape index (κ2) is 8.08. The molecule has 2 heteroatoms. The van der Waals surface area contributed by atoms with E-state index in [9.17, 15) is 0 Å². The lowest BCUT2D eigenvalue weighted by molar-refractivity contribution is 0.173. The standard InChI is InChI=1S/C14H30N2/c1-4-6-9-14(8-5-2)16-11-7-10-15-13(3)12-16/h13-15H,4-12H2,1-3H3. The fourth-order valence-corrected chi connectivity index (χ4v) is 2.75. The van der Waals surface area contributed by atoms with Crippen LogP contribution >= 0.6 is 0 Å². The molecule has 2 atom stereocenters. The van der Waals surface area contributed by atoms with Crippen molar-refractivity contribution in [2.24, 2.45) is 0 Å². The first kappa shape index (κ1) is 14.0. The molecule has 1 aliphatic heterocycles. The summed E-state index contributed by atoms with van der Waals surface area (Å²) in [4.78, 5) is 2.74. The van der Waals surface area contributed by atoms with Gasteiger partial charge in [-0.05, 0) is 39.3 Å². The number of nitrogens with one attached hydrogen (secondary N) is 1. The molecule has 1 fully saturated rings.